The van der Waals surface area contributed by atoms with Crippen LogP contribution < -0.4 is 4.90 Å². The van der Waals surface area contributed by atoms with Crippen molar-refractivity contribution in [3.05, 3.63) is 46.3 Å². The Hall–Kier alpha value is -3.11. The van der Waals surface area contributed by atoms with E-state index in [9.17, 15) is 54.8 Å². The van der Waals surface area contributed by atoms with Gasteiger partial charge in [0.15, 0.2) is 0 Å². The molecule has 3 aliphatic heterocycles. The number of fused-ring (bicyclic) bond motifs is 2. The zero-order chi connectivity index (χ0) is 33.8. The number of Topliss-reactive ketones (excluding diaryl/α,β-unsaturated/α-hetero) is 1. The highest BCUT2D eigenvalue weighted by molar-refractivity contribution is 7.90. The number of thiol groups is 1. The van der Waals surface area contributed by atoms with Crippen LogP contribution in [0.25, 0.3) is 0 Å². The molecule has 0 aliphatic carbocycles. The van der Waals surface area contributed by atoms with Gasteiger partial charge in [-0.2, -0.15) is 30.6 Å². The molecule has 1 N–H and O–H groups in total. The molecular weight excluding hydrogens is 674 g/mol. The summed E-state index contributed by atoms with van der Waals surface area (Å²) in [6, 6.07) is 1.50. The van der Waals surface area contributed by atoms with Crippen LogP contribution in [0.2, 0.25) is 0 Å². The van der Waals surface area contributed by atoms with Crippen molar-refractivity contribution in [2.45, 2.75) is 58.7 Å². The average Bonchev–Trinajstić information content (AvgIpc) is 2.96. The number of non-ortho nitro benzene ring substituents is 1. The van der Waals surface area contributed by atoms with Gasteiger partial charge in [0.25, 0.3) is 11.3 Å². The van der Waals surface area contributed by atoms with Crippen LogP contribution in [0, 0.1) is 10.1 Å². The molecule has 3 atom stereocenters. The number of ketones is 1. The van der Waals surface area contributed by atoms with Crippen molar-refractivity contribution in [3.63, 3.8) is 0 Å². The number of piperazine rings is 1. The van der Waals surface area contributed by atoms with E-state index < -0.39 is 55.1 Å². The molecule has 2 unspecified atom stereocenters. The Bertz CT molecular complexity index is 1580. The Labute approximate surface area is 262 Å². The number of nitro benzene ring substituents is 1. The Balaban J connectivity index is 1.50. The van der Waals surface area contributed by atoms with E-state index in [0.29, 0.717) is 0 Å². The highest BCUT2D eigenvalue weighted by Crippen LogP contribution is 2.49. The van der Waals surface area contributed by atoms with Crippen LogP contribution in [0.4, 0.5) is 38.0 Å². The number of benzene rings is 1. The number of hydrogen-bond donors (Lipinski definition) is 2. The van der Waals surface area contributed by atoms with E-state index >= 15 is 0 Å². The summed E-state index contributed by atoms with van der Waals surface area (Å²) in [6.07, 6.45) is -11.6. The molecule has 0 spiro atoms. The third-order valence-corrected chi connectivity index (χ3v) is 10.7. The van der Waals surface area contributed by atoms with Gasteiger partial charge in [0, 0.05) is 86.1 Å². The van der Waals surface area contributed by atoms with Crippen molar-refractivity contribution < 1.29 is 54.3 Å². The van der Waals surface area contributed by atoms with Crippen LogP contribution in [0.5, 0.6) is 0 Å². The number of aliphatic hydroxyl groups is 1. The molecule has 13 nitrogen and oxygen atoms in total. The van der Waals surface area contributed by atoms with Gasteiger partial charge in [0.1, 0.15) is 10.7 Å². The maximum Gasteiger partial charge on any atom is 0.430 e. The second-order valence-electron chi connectivity index (χ2n) is 11.1. The van der Waals surface area contributed by atoms with Gasteiger partial charge in [-0.25, -0.2) is 18.4 Å². The predicted octanol–water partition coefficient (Wildman–Crippen LogP) is 2.30. The molecule has 4 heterocycles. The summed E-state index contributed by atoms with van der Waals surface area (Å²) in [5.41, 5.74) is -7.41. The Morgan fingerprint density at radius 2 is 1.63 bits per heavy atom. The van der Waals surface area contributed by atoms with Gasteiger partial charge in [-0.05, 0) is 6.07 Å². The molecule has 0 radical (unpaired) electrons. The fourth-order valence-electron chi connectivity index (χ4n) is 5.90. The number of ether oxygens (including phenoxy) is 1. The molecule has 0 amide bonds. The number of sulfonamides is 1. The van der Waals surface area contributed by atoms with Crippen molar-refractivity contribution >= 4 is 40.1 Å². The zero-order valence-electron chi connectivity index (χ0n) is 23.5. The van der Waals surface area contributed by atoms with E-state index in [4.69, 9.17) is 4.74 Å². The van der Waals surface area contributed by atoms with Crippen molar-refractivity contribution in [2.24, 2.45) is 0 Å². The molecule has 46 heavy (non-hydrogen) atoms. The Kier molecular flexibility index (Phi) is 9.05. The minimum absolute atomic E-state index is 0.00646. The first-order chi connectivity index (χ1) is 21.3. The zero-order valence-corrected chi connectivity index (χ0v) is 25.2. The lowest BCUT2D eigenvalue weighted by molar-refractivity contribution is -0.385. The van der Waals surface area contributed by atoms with E-state index in [2.05, 4.69) is 22.6 Å². The quantitative estimate of drug-likeness (QED) is 0.189. The van der Waals surface area contributed by atoms with Gasteiger partial charge < -0.3 is 14.7 Å². The largest absolute Gasteiger partial charge is 0.430 e. The van der Waals surface area contributed by atoms with Crippen molar-refractivity contribution in [1.29, 1.82) is 0 Å². The van der Waals surface area contributed by atoms with Crippen molar-refractivity contribution in [1.82, 2.24) is 19.2 Å². The van der Waals surface area contributed by atoms with Crippen LogP contribution in [-0.2, 0) is 25.2 Å². The number of hydrogen-bond acceptors (Lipinski definition) is 12. The number of nitro groups is 1. The number of piperidine rings is 1. The maximum absolute atomic E-state index is 13.7. The molecular formula is C25H26F6N6O7S2. The van der Waals surface area contributed by atoms with E-state index in [1.165, 1.54) is 4.90 Å². The summed E-state index contributed by atoms with van der Waals surface area (Å²) in [7, 11) is -4.41. The fourth-order valence-corrected chi connectivity index (χ4v) is 7.96. The number of halogens is 6. The lowest BCUT2D eigenvalue weighted by Gasteiger charge is -2.49. The van der Waals surface area contributed by atoms with Crippen molar-refractivity contribution in [2.75, 3.05) is 44.3 Å². The van der Waals surface area contributed by atoms with Crippen LogP contribution in [-0.4, -0.2) is 113 Å². The molecule has 1 aromatic carbocycles. The number of nitrogens with zero attached hydrogens (tertiary/aromatic N) is 6. The molecule has 3 aliphatic rings. The first-order valence-electron chi connectivity index (χ1n) is 13.6. The number of carbonyl (C=O) groups is 1. The molecule has 2 bridgehead atoms. The molecule has 3 saturated heterocycles. The van der Waals surface area contributed by atoms with Crippen LogP contribution in [0.3, 0.4) is 0 Å². The van der Waals surface area contributed by atoms with Gasteiger partial charge >= 0.3 is 12.4 Å². The smallest absolute Gasteiger partial charge is 0.378 e. The average molecular weight is 701 g/mol. The molecule has 2 aromatic rings. The third kappa shape index (κ3) is 6.15. The van der Waals surface area contributed by atoms with E-state index in [1.54, 1.807) is 0 Å². The normalized spacial score (nSPS) is 23.9. The second kappa shape index (κ2) is 12.2. The topological polar surface area (TPSA) is 159 Å². The third-order valence-electron chi connectivity index (χ3n) is 8.26. The number of rotatable bonds is 7. The summed E-state index contributed by atoms with van der Waals surface area (Å²) < 4.78 is 115. The predicted molar refractivity (Wildman–Crippen MR) is 148 cm³/mol. The number of carbonyl (C=O) groups excluding carboxylic acids is 1. The van der Waals surface area contributed by atoms with Crippen LogP contribution >= 0.6 is 12.6 Å². The van der Waals surface area contributed by atoms with Gasteiger partial charge in [0.05, 0.1) is 24.2 Å². The van der Waals surface area contributed by atoms with Gasteiger partial charge in [0.2, 0.25) is 16.0 Å². The minimum Gasteiger partial charge on any atom is -0.378 e. The van der Waals surface area contributed by atoms with Crippen LogP contribution in [0.15, 0.2) is 40.4 Å². The molecule has 3 fully saturated rings. The highest BCUT2D eigenvalue weighted by Gasteiger charge is 2.71. The standard InChI is InChI=1S/C25H26F6N6O7S2/c26-24(27,28)23(39,25(29,30)31)14-8-32-22(33-9-14)35-4-3-34(46(42,43)21-7-15(37(40)41)1-2-20(21)45)10-18(35)11-36-16-5-19(38)6-17(36)13-44-12-16/h1-2,7-9,16-18,39,45H,3-6,10-13H2/t16?,17?,18-/m1/s1. The molecule has 21 heteroatoms. The van der Waals surface area contributed by atoms with E-state index in [1.807, 2.05) is 4.90 Å². The number of morpholine rings is 1. The highest BCUT2D eigenvalue weighted by atomic mass is 32.2. The first-order valence-corrected chi connectivity index (χ1v) is 15.5. The minimum atomic E-state index is -6.15. The lowest BCUT2D eigenvalue weighted by Crippen LogP contribution is -2.64. The number of anilines is 1. The maximum atomic E-state index is 13.7. The first kappa shape index (κ1) is 34.2. The Morgan fingerprint density at radius 1 is 1.04 bits per heavy atom. The van der Waals surface area contributed by atoms with E-state index in [0.717, 1.165) is 22.5 Å². The van der Waals surface area contributed by atoms with Gasteiger partial charge in [-0.15, -0.1) is 12.6 Å². The second-order valence-corrected chi connectivity index (χ2v) is 13.5. The summed E-state index contributed by atoms with van der Waals surface area (Å²) >= 11 is 4.16. The number of aromatic nitrogens is 2. The van der Waals surface area contributed by atoms with Gasteiger partial charge in [-0.3, -0.25) is 19.8 Å². The summed E-state index contributed by atoms with van der Waals surface area (Å²) in [5, 5.41) is 21.1. The molecule has 252 valence electrons. The van der Waals surface area contributed by atoms with Gasteiger partial charge in [-0.1, -0.05) is 0 Å². The van der Waals surface area contributed by atoms with Crippen LogP contribution in [0.1, 0.15) is 18.4 Å². The lowest BCUT2D eigenvalue weighted by atomic mass is 9.92. The fraction of sp³-hybridized carbons (Fsp3) is 0.560. The molecule has 1 aromatic heterocycles. The summed E-state index contributed by atoms with van der Waals surface area (Å²) in [5.74, 6) is -0.329. The Morgan fingerprint density at radius 3 is 2.17 bits per heavy atom. The summed E-state index contributed by atoms with van der Waals surface area (Å²) in [6.45, 7) is -0.298. The monoisotopic (exact) mass is 700 g/mol. The SMILES string of the molecule is O=C1CC2COCC(C1)N2C[C@H]1CN(S(=O)(=O)c2cc([N+](=O)[O-])ccc2S)CCN1c1ncc(C(O)(C(F)(F)F)C(F)(F)F)cn1. The van der Waals surface area contributed by atoms with E-state index in [-0.39, 0.29) is 93.3 Å². The molecule has 5 rings (SSSR count). The number of alkyl halides is 6. The molecule has 0 saturated carbocycles. The summed E-state index contributed by atoms with van der Waals surface area (Å²) in [4.78, 5) is 33.1. The van der Waals surface area contributed by atoms with Crippen molar-refractivity contribution in [3.8, 4) is 0 Å².